The monoisotopic (exact) mass is 251 g/mol. The Morgan fingerprint density at radius 2 is 2.33 bits per heavy atom. The van der Waals surface area contributed by atoms with Crippen LogP contribution in [0.3, 0.4) is 0 Å². The summed E-state index contributed by atoms with van der Waals surface area (Å²) in [4.78, 5) is 11.9. The number of aliphatic hydroxyl groups is 1. The van der Waals surface area contributed by atoms with E-state index in [1.165, 1.54) is 0 Å². The average molecular weight is 251 g/mol. The zero-order chi connectivity index (χ0) is 13.1. The quantitative estimate of drug-likeness (QED) is 0.831. The van der Waals surface area contributed by atoms with Gasteiger partial charge in [0.2, 0.25) is 5.91 Å². The van der Waals surface area contributed by atoms with Gasteiger partial charge in [-0.05, 0) is 32.8 Å². The lowest BCUT2D eigenvalue weighted by Gasteiger charge is -2.19. The Kier molecular flexibility index (Phi) is 4.01. The Balaban J connectivity index is 1.91. The third-order valence-corrected chi connectivity index (χ3v) is 3.64. The standard InChI is InChI=1S/C13H21N3O2/c1-9-6-10(2)16(15-9)7-13(18)14-12-5-3-4-11(12)8-17/h6,11-12,17H,3-5,7-8H2,1-2H3,(H,14,18). The van der Waals surface area contributed by atoms with Gasteiger partial charge in [0, 0.05) is 24.3 Å². The van der Waals surface area contributed by atoms with Gasteiger partial charge in [-0.15, -0.1) is 0 Å². The molecule has 1 aromatic heterocycles. The molecule has 0 aromatic carbocycles. The van der Waals surface area contributed by atoms with Gasteiger partial charge in [0.1, 0.15) is 6.54 Å². The molecule has 18 heavy (non-hydrogen) atoms. The van der Waals surface area contributed by atoms with Gasteiger partial charge >= 0.3 is 0 Å². The molecule has 1 amide bonds. The van der Waals surface area contributed by atoms with Crippen LogP contribution in [0.4, 0.5) is 0 Å². The number of aliphatic hydroxyl groups excluding tert-OH is 1. The summed E-state index contributed by atoms with van der Waals surface area (Å²) in [5, 5.41) is 16.5. The molecule has 2 unspecified atom stereocenters. The molecule has 2 N–H and O–H groups in total. The number of hydrogen-bond donors (Lipinski definition) is 2. The molecule has 5 heteroatoms. The van der Waals surface area contributed by atoms with Crippen molar-refractivity contribution in [3.63, 3.8) is 0 Å². The fourth-order valence-corrected chi connectivity index (χ4v) is 2.67. The van der Waals surface area contributed by atoms with Crippen molar-refractivity contribution in [3.05, 3.63) is 17.5 Å². The maximum Gasteiger partial charge on any atom is 0.241 e. The van der Waals surface area contributed by atoms with Crippen molar-refractivity contribution in [1.29, 1.82) is 0 Å². The van der Waals surface area contributed by atoms with Crippen LogP contribution in [-0.2, 0) is 11.3 Å². The molecule has 0 spiro atoms. The van der Waals surface area contributed by atoms with Crippen LogP contribution in [0.15, 0.2) is 6.07 Å². The van der Waals surface area contributed by atoms with Crippen LogP contribution in [0, 0.1) is 19.8 Å². The molecule has 0 radical (unpaired) electrons. The topological polar surface area (TPSA) is 67.2 Å². The zero-order valence-electron chi connectivity index (χ0n) is 11.0. The van der Waals surface area contributed by atoms with Crippen LogP contribution in [0.2, 0.25) is 0 Å². The maximum atomic E-state index is 11.9. The molecule has 2 rings (SSSR count). The first kappa shape index (κ1) is 13.1. The number of aromatic nitrogens is 2. The molecule has 0 saturated heterocycles. The van der Waals surface area contributed by atoms with Gasteiger partial charge in [-0.25, -0.2) is 0 Å². The molecule has 0 aliphatic heterocycles. The number of carbonyl (C=O) groups is 1. The van der Waals surface area contributed by atoms with E-state index in [0.29, 0.717) is 0 Å². The molecule has 1 aliphatic carbocycles. The van der Waals surface area contributed by atoms with Crippen LogP contribution in [0.25, 0.3) is 0 Å². The Hall–Kier alpha value is -1.36. The summed E-state index contributed by atoms with van der Waals surface area (Å²) in [5.41, 5.74) is 1.92. The van der Waals surface area contributed by atoms with Crippen molar-refractivity contribution >= 4 is 5.91 Å². The van der Waals surface area contributed by atoms with Crippen molar-refractivity contribution in [3.8, 4) is 0 Å². The van der Waals surface area contributed by atoms with Crippen LogP contribution in [0.5, 0.6) is 0 Å². The molecule has 100 valence electrons. The van der Waals surface area contributed by atoms with E-state index in [9.17, 15) is 9.90 Å². The number of nitrogens with one attached hydrogen (secondary N) is 1. The highest BCUT2D eigenvalue weighted by Gasteiger charge is 2.27. The Labute approximate surface area is 107 Å². The van der Waals surface area contributed by atoms with Gasteiger partial charge in [0.15, 0.2) is 0 Å². The molecule has 5 nitrogen and oxygen atoms in total. The number of aryl methyl sites for hydroxylation is 2. The van der Waals surface area contributed by atoms with E-state index in [1.807, 2.05) is 19.9 Å². The second kappa shape index (κ2) is 5.52. The average Bonchev–Trinajstić information content (AvgIpc) is 2.86. The van der Waals surface area contributed by atoms with Gasteiger partial charge in [-0.1, -0.05) is 6.42 Å². The van der Waals surface area contributed by atoms with E-state index in [4.69, 9.17) is 0 Å². The van der Waals surface area contributed by atoms with E-state index in [1.54, 1.807) is 4.68 Å². The number of rotatable bonds is 4. The van der Waals surface area contributed by atoms with Crippen LogP contribution >= 0.6 is 0 Å². The highest BCUT2D eigenvalue weighted by atomic mass is 16.3. The van der Waals surface area contributed by atoms with Crippen LogP contribution < -0.4 is 5.32 Å². The molecule has 1 aromatic rings. The lowest BCUT2D eigenvalue weighted by Crippen LogP contribution is -2.40. The second-order valence-corrected chi connectivity index (χ2v) is 5.13. The molecule has 2 atom stereocenters. The minimum Gasteiger partial charge on any atom is -0.396 e. The smallest absolute Gasteiger partial charge is 0.241 e. The Morgan fingerprint density at radius 3 is 2.94 bits per heavy atom. The summed E-state index contributed by atoms with van der Waals surface area (Å²) in [7, 11) is 0. The van der Waals surface area contributed by atoms with Crippen molar-refractivity contribution in [2.24, 2.45) is 5.92 Å². The Bertz CT molecular complexity index is 428. The lowest BCUT2D eigenvalue weighted by molar-refractivity contribution is -0.122. The first-order valence-electron chi connectivity index (χ1n) is 6.51. The molecule has 1 aliphatic rings. The molecule has 1 saturated carbocycles. The van der Waals surface area contributed by atoms with E-state index < -0.39 is 0 Å². The zero-order valence-corrected chi connectivity index (χ0v) is 11.0. The molecule has 1 heterocycles. The minimum atomic E-state index is -0.0217. The van der Waals surface area contributed by atoms with Gasteiger partial charge in [0.05, 0.1) is 5.69 Å². The Morgan fingerprint density at radius 1 is 1.56 bits per heavy atom. The fourth-order valence-electron chi connectivity index (χ4n) is 2.67. The predicted molar refractivity (Wildman–Crippen MR) is 68.1 cm³/mol. The van der Waals surface area contributed by atoms with Crippen molar-refractivity contribution < 1.29 is 9.90 Å². The first-order valence-corrected chi connectivity index (χ1v) is 6.51. The van der Waals surface area contributed by atoms with Crippen molar-refractivity contribution in [1.82, 2.24) is 15.1 Å². The van der Waals surface area contributed by atoms with Crippen LogP contribution in [-0.4, -0.2) is 33.4 Å². The van der Waals surface area contributed by atoms with Crippen LogP contribution in [0.1, 0.15) is 30.7 Å². The first-order chi connectivity index (χ1) is 8.60. The molecule has 0 bridgehead atoms. The third kappa shape index (κ3) is 2.90. The van der Waals surface area contributed by atoms with Gasteiger partial charge in [0.25, 0.3) is 0 Å². The lowest BCUT2D eigenvalue weighted by atomic mass is 10.1. The number of nitrogens with zero attached hydrogens (tertiary/aromatic N) is 2. The summed E-state index contributed by atoms with van der Waals surface area (Å²) < 4.78 is 1.72. The van der Waals surface area contributed by atoms with Crippen molar-refractivity contribution in [2.75, 3.05) is 6.61 Å². The second-order valence-electron chi connectivity index (χ2n) is 5.13. The highest BCUT2D eigenvalue weighted by Crippen LogP contribution is 2.24. The van der Waals surface area contributed by atoms with E-state index in [2.05, 4.69) is 10.4 Å². The molecular formula is C13H21N3O2. The maximum absolute atomic E-state index is 11.9. The van der Waals surface area contributed by atoms with Crippen molar-refractivity contribution in [2.45, 2.75) is 45.7 Å². The number of amides is 1. The van der Waals surface area contributed by atoms with E-state index >= 15 is 0 Å². The van der Waals surface area contributed by atoms with Gasteiger partial charge in [-0.2, -0.15) is 5.10 Å². The SMILES string of the molecule is Cc1cc(C)n(CC(=O)NC2CCCC2CO)n1. The largest absolute Gasteiger partial charge is 0.396 e. The predicted octanol–water partition coefficient (Wildman–Crippen LogP) is 0.777. The summed E-state index contributed by atoms with van der Waals surface area (Å²) >= 11 is 0. The fraction of sp³-hybridized carbons (Fsp3) is 0.692. The normalized spacial score (nSPS) is 23.3. The van der Waals surface area contributed by atoms with E-state index in [0.717, 1.165) is 30.7 Å². The van der Waals surface area contributed by atoms with Gasteiger partial charge < -0.3 is 10.4 Å². The summed E-state index contributed by atoms with van der Waals surface area (Å²) in [5.74, 6) is 0.195. The summed E-state index contributed by atoms with van der Waals surface area (Å²) in [6.45, 7) is 4.28. The minimum absolute atomic E-state index is 0.0217. The van der Waals surface area contributed by atoms with E-state index in [-0.39, 0.29) is 31.0 Å². The number of carbonyl (C=O) groups excluding carboxylic acids is 1. The van der Waals surface area contributed by atoms with Gasteiger partial charge in [-0.3, -0.25) is 9.48 Å². The third-order valence-electron chi connectivity index (χ3n) is 3.64. The highest BCUT2D eigenvalue weighted by molar-refractivity contribution is 5.76. The molecular weight excluding hydrogens is 230 g/mol. The summed E-state index contributed by atoms with van der Waals surface area (Å²) in [6, 6.07) is 2.08. The number of hydrogen-bond acceptors (Lipinski definition) is 3. The summed E-state index contributed by atoms with van der Waals surface area (Å²) in [6.07, 6.45) is 3.05. The molecule has 1 fully saturated rings.